The van der Waals surface area contributed by atoms with Gasteiger partial charge in [0.05, 0.1) is 23.8 Å². The topological polar surface area (TPSA) is 107 Å². The second kappa shape index (κ2) is 5.93. The Morgan fingerprint density at radius 1 is 1.17 bits per heavy atom. The maximum atomic E-state index is 11.5. The third-order valence-corrected chi connectivity index (χ3v) is 4.46. The average Bonchev–Trinajstić information content (AvgIpc) is 2.96. The fourth-order valence-corrected chi connectivity index (χ4v) is 2.68. The summed E-state index contributed by atoms with van der Waals surface area (Å²) >= 11 is 0. The lowest BCUT2D eigenvalue weighted by molar-refractivity contribution is 0.398. The zero-order valence-electron chi connectivity index (χ0n) is 12.9. The number of aromatic nitrogens is 4. The Kier molecular flexibility index (Phi) is 3.94. The molecule has 0 unspecified atom stereocenters. The van der Waals surface area contributed by atoms with Crippen LogP contribution in [-0.2, 0) is 9.84 Å². The van der Waals surface area contributed by atoms with Crippen LogP contribution in [0.1, 0.15) is 0 Å². The van der Waals surface area contributed by atoms with Crippen LogP contribution in [0.4, 0.5) is 0 Å². The SMILES string of the molecule is COc1cc(-c2cnn(-c3ccc(S(C)(=O)=O)cn3)c2O)ccn1. The number of pyridine rings is 2. The van der Waals surface area contributed by atoms with Crippen molar-refractivity contribution in [2.45, 2.75) is 4.90 Å². The van der Waals surface area contributed by atoms with Gasteiger partial charge in [0.15, 0.2) is 15.7 Å². The summed E-state index contributed by atoms with van der Waals surface area (Å²) in [6, 6.07) is 6.26. The van der Waals surface area contributed by atoms with Gasteiger partial charge in [-0.15, -0.1) is 0 Å². The van der Waals surface area contributed by atoms with E-state index in [0.717, 1.165) is 6.26 Å². The molecule has 0 spiro atoms. The van der Waals surface area contributed by atoms with Crippen LogP contribution in [0.25, 0.3) is 16.9 Å². The van der Waals surface area contributed by atoms with Gasteiger partial charge in [0.25, 0.3) is 0 Å². The van der Waals surface area contributed by atoms with Crippen LogP contribution in [-0.4, -0.2) is 46.6 Å². The Labute approximate surface area is 138 Å². The molecule has 3 aromatic rings. The molecule has 0 radical (unpaired) electrons. The number of ether oxygens (including phenoxy) is 1. The minimum absolute atomic E-state index is 0.0944. The van der Waals surface area contributed by atoms with Gasteiger partial charge in [-0.3, -0.25) is 0 Å². The summed E-state index contributed by atoms with van der Waals surface area (Å²) in [6.45, 7) is 0. The molecule has 124 valence electrons. The van der Waals surface area contributed by atoms with Crippen LogP contribution >= 0.6 is 0 Å². The molecule has 0 atom stereocenters. The van der Waals surface area contributed by atoms with Gasteiger partial charge in [-0.25, -0.2) is 18.4 Å². The van der Waals surface area contributed by atoms with Gasteiger partial charge in [0, 0.05) is 24.7 Å². The number of nitrogens with zero attached hydrogens (tertiary/aromatic N) is 4. The van der Waals surface area contributed by atoms with Crippen molar-refractivity contribution in [1.82, 2.24) is 19.7 Å². The zero-order chi connectivity index (χ0) is 17.3. The summed E-state index contributed by atoms with van der Waals surface area (Å²) in [5.74, 6) is 0.588. The molecule has 3 aromatic heterocycles. The number of sulfone groups is 1. The molecule has 0 fully saturated rings. The van der Waals surface area contributed by atoms with Gasteiger partial charge < -0.3 is 9.84 Å². The number of aromatic hydroxyl groups is 1. The van der Waals surface area contributed by atoms with Gasteiger partial charge in [-0.1, -0.05) is 0 Å². The van der Waals surface area contributed by atoms with Crippen molar-refractivity contribution in [1.29, 1.82) is 0 Å². The maximum Gasteiger partial charge on any atom is 0.223 e. The first-order chi connectivity index (χ1) is 11.4. The Morgan fingerprint density at radius 2 is 1.96 bits per heavy atom. The molecule has 0 amide bonds. The molecule has 8 nitrogen and oxygen atoms in total. The largest absolute Gasteiger partial charge is 0.493 e. The average molecular weight is 346 g/mol. The molecule has 0 bridgehead atoms. The molecule has 0 aliphatic rings. The zero-order valence-corrected chi connectivity index (χ0v) is 13.7. The Bertz CT molecular complexity index is 981. The van der Waals surface area contributed by atoms with E-state index < -0.39 is 9.84 Å². The first kappa shape index (κ1) is 15.9. The van der Waals surface area contributed by atoms with Crippen molar-refractivity contribution in [2.75, 3.05) is 13.4 Å². The summed E-state index contributed by atoms with van der Waals surface area (Å²) in [5, 5.41) is 14.5. The van der Waals surface area contributed by atoms with Gasteiger partial charge in [-0.05, 0) is 23.8 Å². The highest BCUT2D eigenvalue weighted by Gasteiger charge is 2.15. The maximum absolute atomic E-state index is 11.5. The summed E-state index contributed by atoms with van der Waals surface area (Å²) in [6.07, 6.45) is 5.37. The van der Waals surface area contributed by atoms with E-state index in [0.29, 0.717) is 22.8 Å². The third kappa shape index (κ3) is 2.93. The number of rotatable bonds is 4. The van der Waals surface area contributed by atoms with Crippen molar-refractivity contribution in [3.05, 3.63) is 42.9 Å². The van der Waals surface area contributed by atoms with E-state index in [1.54, 1.807) is 18.3 Å². The first-order valence-electron chi connectivity index (χ1n) is 6.84. The van der Waals surface area contributed by atoms with Crippen molar-refractivity contribution in [3.63, 3.8) is 0 Å². The number of hydrogen-bond acceptors (Lipinski definition) is 7. The fraction of sp³-hybridized carbons (Fsp3) is 0.133. The Morgan fingerprint density at radius 3 is 2.58 bits per heavy atom. The number of hydrogen-bond donors (Lipinski definition) is 1. The summed E-state index contributed by atoms with van der Waals surface area (Å²) in [4.78, 5) is 8.15. The molecule has 3 rings (SSSR count). The smallest absolute Gasteiger partial charge is 0.223 e. The van der Waals surface area contributed by atoms with E-state index in [-0.39, 0.29) is 10.8 Å². The van der Waals surface area contributed by atoms with E-state index in [1.165, 1.54) is 36.3 Å². The van der Waals surface area contributed by atoms with Crippen LogP contribution in [0.2, 0.25) is 0 Å². The van der Waals surface area contributed by atoms with E-state index >= 15 is 0 Å². The third-order valence-electron chi connectivity index (χ3n) is 3.36. The quantitative estimate of drug-likeness (QED) is 0.762. The first-order valence-corrected chi connectivity index (χ1v) is 8.73. The van der Waals surface area contributed by atoms with E-state index in [4.69, 9.17) is 4.74 Å². The molecule has 0 aliphatic heterocycles. The van der Waals surface area contributed by atoms with Crippen LogP contribution in [0.15, 0.2) is 47.8 Å². The predicted octanol–water partition coefficient (Wildman–Crippen LogP) is 1.45. The molecular weight excluding hydrogens is 332 g/mol. The molecule has 1 N–H and O–H groups in total. The lowest BCUT2D eigenvalue weighted by atomic mass is 10.1. The molecule has 0 saturated carbocycles. The van der Waals surface area contributed by atoms with Gasteiger partial charge in [0.1, 0.15) is 0 Å². The van der Waals surface area contributed by atoms with Crippen molar-refractivity contribution in [2.24, 2.45) is 0 Å². The van der Waals surface area contributed by atoms with Crippen molar-refractivity contribution >= 4 is 9.84 Å². The molecule has 0 aliphatic carbocycles. The normalized spacial score (nSPS) is 11.4. The molecule has 3 heterocycles. The predicted molar refractivity (Wildman–Crippen MR) is 85.9 cm³/mol. The number of methoxy groups -OCH3 is 1. The molecule has 0 saturated heterocycles. The molecule has 24 heavy (non-hydrogen) atoms. The van der Waals surface area contributed by atoms with Crippen LogP contribution < -0.4 is 4.74 Å². The van der Waals surface area contributed by atoms with Gasteiger partial charge in [-0.2, -0.15) is 9.78 Å². The second-order valence-electron chi connectivity index (χ2n) is 5.00. The summed E-state index contributed by atoms with van der Waals surface area (Å²) in [7, 11) is -1.83. The Hall–Kier alpha value is -2.94. The fourth-order valence-electron chi connectivity index (χ4n) is 2.12. The molecule has 0 aromatic carbocycles. The van der Waals surface area contributed by atoms with Gasteiger partial charge >= 0.3 is 0 Å². The van der Waals surface area contributed by atoms with E-state index in [9.17, 15) is 13.5 Å². The highest BCUT2D eigenvalue weighted by atomic mass is 32.2. The summed E-state index contributed by atoms with van der Waals surface area (Å²) < 4.78 is 29.2. The highest BCUT2D eigenvalue weighted by Crippen LogP contribution is 2.31. The van der Waals surface area contributed by atoms with Crippen molar-refractivity contribution < 1.29 is 18.3 Å². The lowest BCUT2D eigenvalue weighted by Crippen LogP contribution is -2.02. The second-order valence-corrected chi connectivity index (χ2v) is 7.02. The Balaban J connectivity index is 2.01. The minimum Gasteiger partial charge on any atom is -0.493 e. The van der Waals surface area contributed by atoms with Crippen LogP contribution in [0, 0.1) is 0 Å². The van der Waals surface area contributed by atoms with E-state index in [2.05, 4.69) is 15.1 Å². The van der Waals surface area contributed by atoms with Gasteiger partial charge in [0.2, 0.25) is 11.8 Å². The van der Waals surface area contributed by atoms with Crippen molar-refractivity contribution in [3.8, 4) is 28.7 Å². The molecular formula is C15H14N4O4S. The molecule has 9 heteroatoms. The van der Waals surface area contributed by atoms with E-state index in [1.807, 2.05) is 0 Å². The van der Waals surface area contributed by atoms with Crippen LogP contribution in [0.5, 0.6) is 11.8 Å². The minimum atomic E-state index is -3.33. The summed E-state index contributed by atoms with van der Waals surface area (Å²) in [5.41, 5.74) is 1.16. The monoisotopic (exact) mass is 346 g/mol. The van der Waals surface area contributed by atoms with Crippen LogP contribution in [0.3, 0.4) is 0 Å². The lowest BCUT2D eigenvalue weighted by Gasteiger charge is -2.05. The highest BCUT2D eigenvalue weighted by molar-refractivity contribution is 7.90. The standard InChI is InChI=1S/C15H14N4O4S/c1-23-14-7-10(5-6-16-14)12-9-18-19(15(12)20)13-4-3-11(8-17-13)24(2,21)22/h3-9,20H,1-2H3.